The van der Waals surface area contributed by atoms with Crippen LogP contribution in [-0.2, 0) is 11.3 Å². The Labute approximate surface area is 141 Å². The monoisotopic (exact) mass is 334 g/mol. The van der Waals surface area contributed by atoms with Crippen molar-refractivity contribution in [3.05, 3.63) is 35.6 Å². The molecule has 2 N–H and O–H groups in total. The highest BCUT2D eigenvalue weighted by Gasteiger charge is 2.22. The van der Waals surface area contributed by atoms with Crippen molar-refractivity contribution in [2.45, 2.75) is 38.8 Å². The van der Waals surface area contributed by atoms with E-state index in [4.69, 9.17) is 5.26 Å². The largest absolute Gasteiger partial charge is 0.343 e. The molecule has 1 rings (SSSR count). The molecule has 0 saturated heterocycles. The molecule has 0 bridgehead atoms. The normalized spacial score (nSPS) is 11.2. The van der Waals surface area contributed by atoms with Crippen LogP contribution in [0, 0.1) is 17.1 Å². The van der Waals surface area contributed by atoms with E-state index in [1.807, 2.05) is 13.0 Å². The number of nitrogens with zero attached hydrogens (tertiary/aromatic N) is 2. The van der Waals surface area contributed by atoms with E-state index in [0.29, 0.717) is 13.0 Å². The van der Waals surface area contributed by atoms with Gasteiger partial charge >= 0.3 is 6.03 Å². The van der Waals surface area contributed by atoms with Gasteiger partial charge in [0.2, 0.25) is 5.91 Å². The van der Waals surface area contributed by atoms with Crippen LogP contribution in [0.1, 0.15) is 31.7 Å². The smallest absolute Gasteiger partial charge is 0.315 e. The van der Waals surface area contributed by atoms with Crippen LogP contribution in [0.2, 0.25) is 0 Å². The Morgan fingerprint density at radius 1 is 1.33 bits per heavy atom. The molecule has 1 aromatic rings. The van der Waals surface area contributed by atoms with E-state index in [9.17, 15) is 14.0 Å². The van der Waals surface area contributed by atoms with E-state index in [-0.39, 0.29) is 24.7 Å². The molecule has 0 aliphatic rings. The van der Waals surface area contributed by atoms with E-state index < -0.39 is 12.1 Å². The molecule has 0 aromatic heterocycles. The van der Waals surface area contributed by atoms with Gasteiger partial charge in [-0.05, 0) is 24.1 Å². The second-order valence-electron chi connectivity index (χ2n) is 5.46. The maximum absolute atomic E-state index is 12.8. The second-order valence-corrected chi connectivity index (χ2v) is 5.46. The average molecular weight is 334 g/mol. The molecule has 24 heavy (non-hydrogen) atoms. The third-order valence-electron chi connectivity index (χ3n) is 3.48. The van der Waals surface area contributed by atoms with Gasteiger partial charge in [0, 0.05) is 20.1 Å². The van der Waals surface area contributed by atoms with Crippen molar-refractivity contribution in [2.24, 2.45) is 0 Å². The van der Waals surface area contributed by atoms with E-state index in [1.165, 1.54) is 17.0 Å². The summed E-state index contributed by atoms with van der Waals surface area (Å²) in [7, 11) is 1.61. The molecule has 0 saturated carbocycles. The zero-order chi connectivity index (χ0) is 17.9. The predicted molar refractivity (Wildman–Crippen MR) is 88.3 cm³/mol. The topological polar surface area (TPSA) is 85.2 Å². The molecule has 130 valence electrons. The fraction of sp³-hybridized carbons (Fsp3) is 0.471. The van der Waals surface area contributed by atoms with Crippen molar-refractivity contribution in [3.63, 3.8) is 0 Å². The third-order valence-corrected chi connectivity index (χ3v) is 3.48. The number of hydrogen-bond donors (Lipinski definition) is 2. The van der Waals surface area contributed by atoms with Crippen LogP contribution >= 0.6 is 0 Å². The Morgan fingerprint density at radius 2 is 2.00 bits per heavy atom. The highest BCUT2D eigenvalue weighted by atomic mass is 19.1. The van der Waals surface area contributed by atoms with Crippen LogP contribution in [0.4, 0.5) is 9.18 Å². The van der Waals surface area contributed by atoms with Gasteiger partial charge in [0.05, 0.1) is 12.5 Å². The molecule has 3 amide bonds. The molecule has 1 atom stereocenters. The maximum atomic E-state index is 12.8. The number of nitrogens with one attached hydrogen (secondary N) is 2. The van der Waals surface area contributed by atoms with Gasteiger partial charge in [-0.3, -0.25) is 4.79 Å². The van der Waals surface area contributed by atoms with Crippen LogP contribution in [0.3, 0.4) is 0 Å². The van der Waals surface area contributed by atoms with E-state index in [1.54, 1.807) is 19.2 Å². The lowest BCUT2D eigenvalue weighted by Crippen LogP contribution is -2.50. The Kier molecular flexibility index (Phi) is 8.26. The van der Waals surface area contributed by atoms with Crippen LogP contribution in [0.5, 0.6) is 0 Å². The lowest BCUT2D eigenvalue weighted by molar-refractivity contribution is -0.132. The van der Waals surface area contributed by atoms with Crippen LogP contribution in [0.15, 0.2) is 24.3 Å². The summed E-state index contributed by atoms with van der Waals surface area (Å²) in [6, 6.07) is 6.71. The fourth-order valence-corrected chi connectivity index (χ4v) is 2.13. The van der Waals surface area contributed by atoms with E-state index >= 15 is 0 Å². The molecule has 0 aliphatic heterocycles. The summed E-state index contributed by atoms with van der Waals surface area (Å²) in [5.74, 6) is -0.554. The number of nitriles is 1. The van der Waals surface area contributed by atoms with Crippen molar-refractivity contribution >= 4 is 11.9 Å². The summed E-state index contributed by atoms with van der Waals surface area (Å²) in [6.45, 7) is 2.49. The number of urea groups is 1. The van der Waals surface area contributed by atoms with Gasteiger partial charge in [-0.2, -0.15) is 5.26 Å². The third kappa shape index (κ3) is 6.65. The molecular weight excluding hydrogens is 311 g/mol. The standard InChI is InChI=1S/C17H23FN4O2/c1-3-5-15(16(23)22(2)11-4-10-19)21-17(24)20-12-13-6-8-14(18)9-7-13/h6-9,15H,3-5,11-12H2,1-2H3,(H2,20,21,24). The quantitative estimate of drug-likeness (QED) is 0.764. The first-order valence-corrected chi connectivity index (χ1v) is 7.88. The van der Waals surface area contributed by atoms with Gasteiger partial charge in [0.1, 0.15) is 11.9 Å². The number of amides is 3. The van der Waals surface area contributed by atoms with E-state index in [0.717, 1.165) is 12.0 Å². The van der Waals surface area contributed by atoms with Gasteiger partial charge in [-0.15, -0.1) is 0 Å². The van der Waals surface area contributed by atoms with Gasteiger partial charge in [-0.1, -0.05) is 25.5 Å². The molecule has 0 spiro atoms. The molecule has 0 fully saturated rings. The van der Waals surface area contributed by atoms with E-state index in [2.05, 4.69) is 10.6 Å². The van der Waals surface area contributed by atoms with Crippen molar-refractivity contribution in [3.8, 4) is 6.07 Å². The molecule has 1 aromatic carbocycles. The Bertz CT molecular complexity index is 583. The number of halogens is 1. The Morgan fingerprint density at radius 3 is 2.58 bits per heavy atom. The fourth-order valence-electron chi connectivity index (χ4n) is 2.13. The molecule has 6 nitrogen and oxygen atoms in total. The molecule has 1 unspecified atom stereocenters. The molecular formula is C17H23FN4O2. The van der Waals surface area contributed by atoms with Gasteiger partial charge in [0.15, 0.2) is 0 Å². The summed E-state index contributed by atoms with van der Waals surface area (Å²) < 4.78 is 12.8. The van der Waals surface area contributed by atoms with Crippen LogP contribution in [-0.4, -0.2) is 36.5 Å². The second kappa shape index (κ2) is 10.2. The number of likely N-dealkylation sites (N-methyl/N-ethyl adjacent to an activating group) is 1. The van der Waals surface area contributed by atoms with Gasteiger partial charge in [0.25, 0.3) is 0 Å². The van der Waals surface area contributed by atoms with Crippen molar-refractivity contribution < 1.29 is 14.0 Å². The summed E-state index contributed by atoms with van der Waals surface area (Å²) >= 11 is 0. The first kappa shape index (κ1) is 19.4. The van der Waals surface area contributed by atoms with Gasteiger partial charge in [-0.25, -0.2) is 9.18 Å². The predicted octanol–water partition coefficient (Wildman–Crippen LogP) is 2.17. The average Bonchev–Trinajstić information content (AvgIpc) is 2.58. The molecule has 7 heteroatoms. The number of benzene rings is 1. The SMILES string of the molecule is CCCC(NC(=O)NCc1ccc(F)cc1)C(=O)N(C)CCC#N. The minimum Gasteiger partial charge on any atom is -0.343 e. The number of hydrogen-bond acceptors (Lipinski definition) is 3. The first-order valence-electron chi connectivity index (χ1n) is 7.88. The summed E-state index contributed by atoms with van der Waals surface area (Å²) in [6.07, 6.45) is 1.50. The zero-order valence-corrected chi connectivity index (χ0v) is 14.0. The molecule has 0 heterocycles. The highest BCUT2D eigenvalue weighted by Crippen LogP contribution is 2.04. The number of carbonyl (C=O) groups excluding carboxylic acids is 2. The Hall–Kier alpha value is -2.62. The zero-order valence-electron chi connectivity index (χ0n) is 14.0. The van der Waals surface area contributed by atoms with Crippen LogP contribution < -0.4 is 10.6 Å². The molecule has 0 aliphatic carbocycles. The van der Waals surface area contributed by atoms with Gasteiger partial charge < -0.3 is 15.5 Å². The number of carbonyl (C=O) groups is 2. The lowest BCUT2D eigenvalue weighted by Gasteiger charge is -2.23. The minimum atomic E-state index is -0.632. The van der Waals surface area contributed by atoms with Crippen molar-refractivity contribution in [2.75, 3.05) is 13.6 Å². The first-order chi connectivity index (χ1) is 11.5. The summed E-state index contributed by atoms with van der Waals surface area (Å²) in [5, 5.41) is 13.9. The van der Waals surface area contributed by atoms with Crippen molar-refractivity contribution in [1.82, 2.24) is 15.5 Å². The van der Waals surface area contributed by atoms with Crippen LogP contribution in [0.25, 0.3) is 0 Å². The minimum absolute atomic E-state index is 0.218. The maximum Gasteiger partial charge on any atom is 0.315 e. The van der Waals surface area contributed by atoms with Crippen molar-refractivity contribution in [1.29, 1.82) is 5.26 Å². The highest BCUT2D eigenvalue weighted by molar-refractivity contribution is 5.86. The molecule has 0 radical (unpaired) electrons. The lowest BCUT2D eigenvalue weighted by atomic mass is 10.1. The summed E-state index contributed by atoms with van der Waals surface area (Å²) in [4.78, 5) is 25.8. The number of rotatable bonds is 8. The Balaban J connectivity index is 2.53. The summed E-state index contributed by atoms with van der Waals surface area (Å²) in [5.41, 5.74) is 0.760.